The maximum Gasteiger partial charge on any atom is 0.253 e. The third-order valence-corrected chi connectivity index (χ3v) is 5.62. The van der Waals surface area contributed by atoms with Gasteiger partial charge in [-0.2, -0.15) is 0 Å². The zero-order valence-corrected chi connectivity index (χ0v) is 17.3. The van der Waals surface area contributed by atoms with Gasteiger partial charge in [0.2, 0.25) is 0 Å². The molecule has 1 heterocycles. The van der Waals surface area contributed by atoms with E-state index in [1.807, 2.05) is 24.3 Å². The molecule has 0 aromatic heterocycles. The van der Waals surface area contributed by atoms with E-state index in [9.17, 15) is 13.2 Å². The summed E-state index contributed by atoms with van der Waals surface area (Å²) in [5, 5.41) is 0. The van der Waals surface area contributed by atoms with Crippen LogP contribution in [0.5, 0.6) is 5.75 Å². The van der Waals surface area contributed by atoms with Crippen molar-refractivity contribution < 1.29 is 17.9 Å². The van der Waals surface area contributed by atoms with Crippen LogP contribution in [-0.2, 0) is 15.6 Å². The van der Waals surface area contributed by atoms with E-state index >= 15 is 0 Å². The number of hydrogen-bond acceptors (Lipinski definition) is 5. The van der Waals surface area contributed by atoms with Gasteiger partial charge in [-0.25, -0.2) is 8.42 Å². The van der Waals surface area contributed by atoms with Crippen molar-refractivity contribution in [3.63, 3.8) is 0 Å². The molecule has 6 nitrogen and oxygen atoms in total. The largest absolute Gasteiger partial charge is 0.485 e. The number of nitrogens with zero attached hydrogens (tertiary/aromatic N) is 2. The highest BCUT2D eigenvalue weighted by molar-refractivity contribution is 7.89. The molecular formula is C21H26N2O4S. The molecule has 3 rings (SSSR count). The number of anilines is 1. The van der Waals surface area contributed by atoms with Crippen molar-refractivity contribution in [1.82, 2.24) is 4.90 Å². The minimum Gasteiger partial charge on any atom is -0.485 e. The molecule has 1 amide bonds. The van der Waals surface area contributed by atoms with Crippen molar-refractivity contribution in [3.8, 4) is 5.75 Å². The normalized spacial score (nSPS) is 16.2. The first-order chi connectivity index (χ1) is 13.3. The second-order valence-corrected chi connectivity index (χ2v) is 9.34. The van der Waals surface area contributed by atoms with Crippen molar-refractivity contribution in [1.29, 1.82) is 0 Å². The Morgan fingerprint density at radius 1 is 1.18 bits per heavy atom. The molecule has 0 N–H and O–H groups in total. The Morgan fingerprint density at radius 3 is 2.50 bits per heavy atom. The van der Waals surface area contributed by atoms with E-state index in [-0.39, 0.29) is 17.8 Å². The first-order valence-corrected chi connectivity index (χ1v) is 11.4. The molecule has 7 heteroatoms. The quantitative estimate of drug-likeness (QED) is 0.743. The minimum atomic E-state index is -3.09. The lowest BCUT2D eigenvalue weighted by Gasteiger charge is -2.37. The van der Waals surface area contributed by atoms with Crippen LogP contribution < -0.4 is 9.64 Å². The Labute approximate surface area is 166 Å². The number of para-hydroxylation sites is 2. The van der Waals surface area contributed by atoms with Gasteiger partial charge in [-0.15, -0.1) is 0 Å². The van der Waals surface area contributed by atoms with Crippen LogP contribution in [0.3, 0.4) is 0 Å². The SMILES string of the molecule is CCN1C[C@@H](CN(C)C(=O)c2ccc(CS(C)(=O)=O)cc2)Oc2ccccc21. The van der Waals surface area contributed by atoms with Crippen molar-refractivity contribution in [3.05, 3.63) is 59.7 Å². The summed E-state index contributed by atoms with van der Waals surface area (Å²) in [6.07, 6.45) is 1.08. The Hall–Kier alpha value is -2.54. The Bertz CT molecular complexity index is 941. The first-order valence-electron chi connectivity index (χ1n) is 9.29. The Kier molecular flexibility index (Phi) is 5.93. The second-order valence-electron chi connectivity index (χ2n) is 7.20. The second kappa shape index (κ2) is 8.22. The minimum absolute atomic E-state index is 0.0283. The molecule has 0 bridgehead atoms. The molecule has 0 radical (unpaired) electrons. The zero-order chi connectivity index (χ0) is 20.3. The molecule has 0 spiro atoms. The molecule has 1 atom stereocenters. The van der Waals surface area contributed by atoms with Gasteiger partial charge in [0.05, 0.1) is 24.5 Å². The summed E-state index contributed by atoms with van der Waals surface area (Å²) < 4.78 is 28.9. The van der Waals surface area contributed by atoms with Gasteiger partial charge in [0, 0.05) is 25.4 Å². The zero-order valence-electron chi connectivity index (χ0n) is 16.5. The number of rotatable bonds is 6. The van der Waals surface area contributed by atoms with Crippen LogP contribution in [0.25, 0.3) is 0 Å². The molecule has 0 fully saturated rings. The maximum absolute atomic E-state index is 12.8. The smallest absolute Gasteiger partial charge is 0.253 e. The molecule has 0 saturated heterocycles. The Balaban J connectivity index is 1.66. The lowest BCUT2D eigenvalue weighted by molar-refractivity contribution is 0.0709. The van der Waals surface area contributed by atoms with Gasteiger partial charge in [0.15, 0.2) is 9.84 Å². The van der Waals surface area contributed by atoms with Crippen LogP contribution in [-0.4, -0.2) is 58.3 Å². The van der Waals surface area contributed by atoms with Gasteiger partial charge in [-0.1, -0.05) is 24.3 Å². The van der Waals surface area contributed by atoms with Gasteiger partial charge in [-0.05, 0) is 36.8 Å². The number of amides is 1. The number of sulfone groups is 1. The van der Waals surface area contributed by atoms with E-state index in [4.69, 9.17) is 4.74 Å². The van der Waals surface area contributed by atoms with Crippen LogP contribution in [0, 0.1) is 0 Å². The highest BCUT2D eigenvalue weighted by atomic mass is 32.2. The van der Waals surface area contributed by atoms with E-state index in [2.05, 4.69) is 11.8 Å². The van der Waals surface area contributed by atoms with Crippen molar-refractivity contribution >= 4 is 21.4 Å². The standard InChI is InChI=1S/C21H26N2O4S/c1-4-23-14-18(27-20-8-6-5-7-19(20)23)13-22(2)21(24)17-11-9-16(10-12-17)15-28(3,25)26/h5-12,18H,4,13-15H2,1-3H3/t18-/m1/s1. The van der Waals surface area contributed by atoms with E-state index in [0.29, 0.717) is 17.7 Å². The summed E-state index contributed by atoms with van der Waals surface area (Å²) in [6, 6.07) is 14.7. The van der Waals surface area contributed by atoms with Gasteiger partial charge in [-0.3, -0.25) is 4.79 Å². The molecule has 0 unspecified atom stereocenters. The topological polar surface area (TPSA) is 66.9 Å². The summed E-state index contributed by atoms with van der Waals surface area (Å²) in [4.78, 5) is 16.7. The van der Waals surface area contributed by atoms with Gasteiger partial charge < -0.3 is 14.5 Å². The number of ether oxygens (including phenoxy) is 1. The van der Waals surface area contributed by atoms with E-state index in [1.165, 1.54) is 6.26 Å². The summed E-state index contributed by atoms with van der Waals surface area (Å²) in [6.45, 7) is 4.16. The Morgan fingerprint density at radius 2 is 1.86 bits per heavy atom. The monoisotopic (exact) mass is 402 g/mol. The summed E-state index contributed by atoms with van der Waals surface area (Å²) >= 11 is 0. The van der Waals surface area contributed by atoms with Crippen LogP contribution >= 0.6 is 0 Å². The molecule has 1 aliphatic rings. The van der Waals surface area contributed by atoms with Crippen LogP contribution in [0.4, 0.5) is 5.69 Å². The molecule has 1 aliphatic heterocycles. The van der Waals surface area contributed by atoms with Crippen LogP contribution in [0.2, 0.25) is 0 Å². The lowest BCUT2D eigenvalue weighted by atomic mass is 10.1. The first kappa shape index (κ1) is 20.2. The van der Waals surface area contributed by atoms with E-state index in [0.717, 1.165) is 24.5 Å². The van der Waals surface area contributed by atoms with E-state index in [1.54, 1.807) is 36.2 Å². The number of likely N-dealkylation sites (N-methyl/N-ethyl adjacent to an activating group) is 2. The molecule has 28 heavy (non-hydrogen) atoms. The summed E-state index contributed by atoms with van der Waals surface area (Å²) in [7, 11) is -1.34. The average Bonchev–Trinajstić information content (AvgIpc) is 2.66. The predicted molar refractivity (Wildman–Crippen MR) is 111 cm³/mol. The van der Waals surface area contributed by atoms with Crippen molar-refractivity contribution in [2.24, 2.45) is 0 Å². The molecule has 2 aromatic carbocycles. The molecular weight excluding hydrogens is 376 g/mol. The van der Waals surface area contributed by atoms with E-state index < -0.39 is 9.84 Å². The maximum atomic E-state index is 12.8. The third kappa shape index (κ3) is 4.84. The van der Waals surface area contributed by atoms with Crippen LogP contribution in [0.1, 0.15) is 22.8 Å². The molecule has 0 aliphatic carbocycles. The van der Waals surface area contributed by atoms with Crippen LogP contribution in [0.15, 0.2) is 48.5 Å². The summed E-state index contributed by atoms with van der Waals surface area (Å²) in [5.74, 6) is 0.697. The number of carbonyl (C=O) groups excluding carboxylic acids is 1. The van der Waals surface area contributed by atoms with Crippen molar-refractivity contribution in [2.75, 3.05) is 37.8 Å². The fourth-order valence-electron chi connectivity index (χ4n) is 3.43. The average molecular weight is 403 g/mol. The molecule has 0 saturated carbocycles. The number of carbonyl (C=O) groups is 1. The molecule has 150 valence electrons. The van der Waals surface area contributed by atoms with Gasteiger partial charge >= 0.3 is 0 Å². The summed E-state index contributed by atoms with van der Waals surface area (Å²) in [5.41, 5.74) is 2.28. The molecule has 2 aromatic rings. The number of hydrogen-bond donors (Lipinski definition) is 0. The third-order valence-electron chi connectivity index (χ3n) is 4.76. The fourth-order valence-corrected chi connectivity index (χ4v) is 4.23. The number of fused-ring (bicyclic) bond motifs is 1. The van der Waals surface area contributed by atoms with Gasteiger partial charge in [0.1, 0.15) is 11.9 Å². The fraction of sp³-hybridized carbons (Fsp3) is 0.381. The number of benzene rings is 2. The highest BCUT2D eigenvalue weighted by Gasteiger charge is 2.27. The lowest BCUT2D eigenvalue weighted by Crippen LogP contribution is -2.46. The van der Waals surface area contributed by atoms with Crippen molar-refractivity contribution in [2.45, 2.75) is 18.8 Å². The van der Waals surface area contributed by atoms with Gasteiger partial charge in [0.25, 0.3) is 5.91 Å². The predicted octanol–water partition coefficient (Wildman–Crippen LogP) is 2.59. The highest BCUT2D eigenvalue weighted by Crippen LogP contribution is 2.32.